The number of amides is 1. The first-order valence-corrected chi connectivity index (χ1v) is 8.20. The maximum atomic E-state index is 12.8. The van der Waals surface area contributed by atoms with Gasteiger partial charge in [0.1, 0.15) is 0 Å². The van der Waals surface area contributed by atoms with Crippen LogP contribution < -0.4 is 5.32 Å². The molecule has 1 N–H and O–H groups in total. The largest absolute Gasteiger partial charge is 0.338 e. The fourth-order valence-electron chi connectivity index (χ4n) is 3.89. The smallest absolute Gasteiger partial charge is 0.240 e. The normalized spacial score (nSPS) is 33.7. The number of nitrogens with zero attached hydrogens (tertiary/aromatic N) is 1. The lowest BCUT2D eigenvalue weighted by Gasteiger charge is -2.28. The highest BCUT2D eigenvalue weighted by molar-refractivity contribution is 5.83. The summed E-state index contributed by atoms with van der Waals surface area (Å²) in [6.45, 7) is 6.53. The lowest BCUT2D eigenvalue weighted by atomic mass is 9.93. The standard InChI is InChI=1S/C16H28N2O/c1-11(2)8-9-18(13-6-7-13)16(19)15-14-5-3-4-12(14)10-17-15/h11-15,17H,3-10H2,1-2H3. The molecule has 2 saturated carbocycles. The van der Waals surface area contributed by atoms with E-state index in [2.05, 4.69) is 24.1 Å². The summed E-state index contributed by atoms with van der Waals surface area (Å²) in [5.74, 6) is 2.51. The maximum Gasteiger partial charge on any atom is 0.240 e. The molecule has 0 spiro atoms. The number of carbonyl (C=O) groups excluding carboxylic acids is 1. The summed E-state index contributed by atoms with van der Waals surface area (Å²) >= 11 is 0. The molecule has 19 heavy (non-hydrogen) atoms. The number of nitrogens with one attached hydrogen (secondary N) is 1. The maximum absolute atomic E-state index is 12.8. The molecule has 3 rings (SSSR count). The quantitative estimate of drug-likeness (QED) is 0.827. The van der Waals surface area contributed by atoms with Gasteiger partial charge in [0.15, 0.2) is 0 Å². The minimum absolute atomic E-state index is 0.139. The molecule has 0 bridgehead atoms. The average molecular weight is 264 g/mol. The Kier molecular flexibility index (Phi) is 3.84. The Morgan fingerprint density at radius 2 is 2.05 bits per heavy atom. The van der Waals surface area contributed by atoms with Crippen LogP contribution >= 0.6 is 0 Å². The molecule has 0 aromatic heterocycles. The van der Waals surface area contributed by atoms with Gasteiger partial charge in [-0.05, 0) is 56.4 Å². The molecule has 3 heteroatoms. The Labute approximate surface area is 117 Å². The van der Waals surface area contributed by atoms with E-state index in [0.29, 0.717) is 23.8 Å². The van der Waals surface area contributed by atoms with Gasteiger partial charge in [-0.2, -0.15) is 0 Å². The van der Waals surface area contributed by atoms with Crippen LogP contribution in [0.15, 0.2) is 0 Å². The van der Waals surface area contributed by atoms with Crippen LogP contribution in [0.4, 0.5) is 0 Å². The van der Waals surface area contributed by atoms with Crippen LogP contribution in [0.1, 0.15) is 52.4 Å². The van der Waals surface area contributed by atoms with E-state index in [-0.39, 0.29) is 6.04 Å². The van der Waals surface area contributed by atoms with Gasteiger partial charge in [-0.3, -0.25) is 4.79 Å². The van der Waals surface area contributed by atoms with Gasteiger partial charge in [0.05, 0.1) is 6.04 Å². The van der Waals surface area contributed by atoms with Gasteiger partial charge in [0.25, 0.3) is 0 Å². The Bertz CT molecular complexity index is 338. The number of hydrogen-bond acceptors (Lipinski definition) is 2. The van der Waals surface area contributed by atoms with E-state index in [1.807, 2.05) is 0 Å². The number of fused-ring (bicyclic) bond motifs is 1. The summed E-state index contributed by atoms with van der Waals surface area (Å²) in [5, 5.41) is 3.52. The highest BCUT2D eigenvalue weighted by Gasteiger charge is 2.45. The minimum atomic E-state index is 0.139. The topological polar surface area (TPSA) is 32.3 Å². The molecular weight excluding hydrogens is 236 g/mol. The van der Waals surface area contributed by atoms with Gasteiger partial charge >= 0.3 is 0 Å². The lowest BCUT2D eigenvalue weighted by Crippen LogP contribution is -2.47. The van der Waals surface area contributed by atoms with Gasteiger partial charge in [-0.15, -0.1) is 0 Å². The van der Waals surface area contributed by atoms with Crippen molar-refractivity contribution in [3.63, 3.8) is 0 Å². The first kappa shape index (κ1) is 13.4. The molecule has 3 atom stereocenters. The van der Waals surface area contributed by atoms with Crippen molar-refractivity contribution in [2.45, 2.75) is 64.5 Å². The van der Waals surface area contributed by atoms with E-state index in [4.69, 9.17) is 0 Å². The van der Waals surface area contributed by atoms with Crippen LogP contribution in [0, 0.1) is 17.8 Å². The third-order valence-corrected chi connectivity index (χ3v) is 5.23. The van der Waals surface area contributed by atoms with Crippen LogP contribution in [-0.2, 0) is 4.79 Å². The summed E-state index contributed by atoms with van der Waals surface area (Å²) in [7, 11) is 0. The Morgan fingerprint density at radius 1 is 1.26 bits per heavy atom. The lowest BCUT2D eigenvalue weighted by molar-refractivity contribution is -0.135. The van der Waals surface area contributed by atoms with Gasteiger partial charge in [0, 0.05) is 12.6 Å². The van der Waals surface area contributed by atoms with E-state index in [9.17, 15) is 4.79 Å². The summed E-state index contributed by atoms with van der Waals surface area (Å²) in [6.07, 6.45) is 7.52. The summed E-state index contributed by atoms with van der Waals surface area (Å²) < 4.78 is 0. The van der Waals surface area contributed by atoms with Gasteiger partial charge in [-0.25, -0.2) is 0 Å². The summed E-state index contributed by atoms with van der Waals surface area (Å²) in [5.41, 5.74) is 0. The molecule has 1 amide bonds. The van der Waals surface area contributed by atoms with Crippen molar-refractivity contribution in [2.75, 3.05) is 13.1 Å². The van der Waals surface area contributed by atoms with Crippen molar-refractivity contribution in [2.24, 2.45) is 17.8 Å². The molecular formula is C16H28N2O. The predicted octanol–water partition coefficient (Wildman–Crippen LogP) is 2.41. The molecule has 1 saturated heterocycles. The second-order valence-electron chi connectivity index (χ2n) is 7.19. The van der Waals surface area contributed by atoms with Crippen molar-refractivity contribution in [3.8, 4) is 0 Å². The highest BCUT2D eigenvalue weighted by Crippen LogP contribution is 2.39. The predicted molar refractivity (Wildman–Crippen MR) is 76.8 cm³/mol. The summed E-state index contributed by atoms with van der Waals surface area (Å²) in [4.78, 5) is 15.1. The van der Waals surface area contributed by atoms with Crippen LogP contribution in [0.2, 0.25) is 0 Å². The van der Waals surface area contributed by atoms with E-state index in [1.165, 1.54) is 32.1 Å². The molecule has 2 aliphatic carbocycles. The Morgan fingerprint density at radius 3 is 2.74 bits per heavy atom. The molecule has 3 aliphatic rings. The summed E-state index contributed by atoms with van der Waals surface area (Å²) in [6, 6.07) is 0.703. The molecule has 108 valence electrons. The molecule has 0 radical (unpaired) electrons. The second kappa shape index (κ2) is 5.43. The van der Waals surface area contributed by atoms with Crippen LogP contribution in [-0.4, -0.2) is 36.0 Å². The van der Waals surface area contributed by atoms with Crippen LogP contribution in [0.25, 0.3) is 0 Å². The van der Waals surface area contributed by atoms with E-state index < -0.39 is 0 Å². The molecule has 0 aromatic rings. The average Bonchev–Trinajstić information content (AvgIpc) is 2.95. The molecule has 3 nitrogen and oxygen atoms in total. The number of hydrogen-bond donors (Lipinski definition) is 1. The Hall–Kier alpha value is -0.570. The third kappa shape index (κ3) is 2.81. The van der Waals surface area contributed by atoms with Crippen molar-refractivity contribution >= 4 is 5.91 Å². The van der Waals surface area contributed by atoms with Gasteiger partial charge in [-0.1, -0.05) is 20.3 Å². The van der Waals surface area contributed by atoms with Crippen molar-refractivity contribution in [1.29, 1.82) is 0 Å². The molecule has 3 fully saturated rings. The zero-order valence-electron chi connectivity index (χ0n) is 12.4. The first-order valence-electron chi connectivity index (χ1n) is 8.20. The highest BCUT2D eigenvalue weighted by atomic mass is 16.2. The van der Waals surface area contributed by atoms with Gasteiger partial charge in [0.2, 0.25) is 5.91 Å². The molecule has 1 aliphatic heterocycles. The fraction of sp³-hybridized carbons (Fsp3) is 0.938. The van der Waals surface area contributed by atoms with Crippen LogP contribution in [0.3, 0.4) is 0 Å². The molecule has 3 unspecified atom stereocenters. The van der Waals surface area contributed by atoms with Crippen molar-refractivity contribution in [3.05, 3.63) is 0 Å². The second-order valence-corrected chi connectivity index (χ2v) is 7.19. The molecule has 1 heterocycles. The van der Waals surface area contributed by atoms with E-state index >= 15 is 0 Å². The molecule has 0 aromatic carbocycles. The Balaban J connectivity index is 1.63. The number of carbonyl (C=O) groups is 1. The zero-order chi connectivity index (χ0) is 13.4. The van der Waals surface area contributed by atoms with Crippen molar-refractivity contribution in [1.82, 2.24) is 10.2 Å². The minimum Gasteiger partial charge on any atom is -0.338 e. The van der Waals surface area contributed by atoms with E-state index in [0.717, 1.165) is 25.4 Å². The SMILES string of the molecule is CC(C)CCN(C(=O)C1NCC2CCCC21)C1CC1. The van der Waals surface area contributed by atoms with Gasteiger partial charge < -0.3 is 10.2 Å². The third-order valence-electron chi connectivity index (χ3n) is 5.23. The van der Waals surface area contributed by atoms with Crippen LogP contribution in [0.5, 0.6) is 0 Å². The van der Waals surface area contributed by atoms with Crippen molar-refractivity contribution < 1.29 is 4.79 Å². The first-order chi connectivity index (χ1) is 9.16. The monoisotopic (exact) mass is 264 g/mol. The zero-order valence-corrected chi connectivity index (χ0v) is 12.4. The number of rotatable bonds is 5. The van der Waals surface area contributed by atoms with E-state index in [1.54, 1.807) is 0 Å². The fourth-order valence-corrected chi connectivity index (χ4v) is 3.89.